The molecule has 3 nitrogen and oxygen atoms in total. The Balaban J connectivity index is 1.75. The molecule has 110 valence electrons. The largest absolute Gasteiger partial charge is 0.372 e. The maximum Gasteiger partial charge on any atom is 0.0982 e. The first-order valence-electron chi connectivity index (χ1n) is 7.66. The molecule has 21 heavy (non-hydrogen) atoms. The van der Waals surface area contributed by atoms with Gasteiger partial charge in [0, 0.05) is 24.4 Å². The van der Waals surface area contributed by atoms with Crippen molar-refractivity contribution in [2.45, 2.75) is 38.3 Å². The molecule has 1 aromatic carbocycles. The van der Waals surface area contributed by atoms with Crippen LogP contribution in [0.1, 0.15) is 35.4 Å². The second-order valence-electron chi connectivity index (χ2n) is 5.62. The van der Waals surface area contributed by atoms with Crippen molar-refractivity contribution < 1.29 is 4.74 Å². The van der Waals surface area contributed by atoms with Gasteiger partial charge in [-0.2, -0.15) is 0 Å². The molecule has 0 saturated carbocycles. The number of aryl methyl sites for hydroxylation is 1. The smallest absolute Gasteiger partial charge is 0.0982 e. The zero-order chi connectivity index (χ0) is 14.7. The average molecular weight is 282 g/mol. The quantitative estimate of drug-likeness (QED) is 0.938. The zero-order valence-corrected chi connectivity index (χ0v) is 12.5. The number of nitrogens with two attached hydrogens (primary N) is 1. The minimum Gasteiger partial charge on any atom is -0.372 e. The average Bonchev–Trinajstić information content (AvgIpc) is 2.55. The van der Waals surface area contributed by atoms with Crippen molar-refractivity contribution in [1.82, 2.24) is 4.98 Å². The van der Waals surface area contributed by atoms with Crippen molar-refractivity contribution in [2.75, 3.05) is 6.61 Å². The zero-order valence-electron chi connectivity index (χ0n) is 12.5. The molecule has 0 bridgehead atoms. The molecule has 0 fully saturated rings. The number of nitrogens with zero attached hydrogens (tertiary/aromatic N) is 1. The number of rotatable bonds is 4. The van der Waals surface area contributed by atoms with E-state index in [1.807, 2.05) is 6.20 Å². The lowest BCUT2D eigenvalue weighted by atomic mass is 9.91. The molecule has 2 N–H and O–H groups in total. The highest BCUT2D eigenvalue weighted by molar-refractivity contribution is 5.32. The lowest BCUT2D eigenvalue weighted by Crippen LogP contribution is -2.35. The summed E-state index contributed by atoms with van der Waals surface area (Å²) in [6, 6.07) is 12.6. The van der Waals surface area contributed by atoms with Crippen LogP contribution in [0.25, 0.3) is 0 Å². The Morgan fingerprint density at radius 2 is 2.14 bits per heavy atom. The molecule has 0 aliphatic carbocycles. The summed E-state index contributed by atoms with van der Waals surface area (Å²) in [7, 11) is 0. The van der Waals surface area contributed by atoms with Crippen molar-refractivity contribution in [1.29, 1.82) is 0 Å². The Morgan fingerprint density at radius 1 is 1.29 bits per heavy atom. The van der Waals surface area contributed by atoms with Crippen molar-refractivity contribution in [3.8, 4) is 0 Å². The summed E-state index contributed by atoms with van der Waals surface area (Å²) in [4.78, 5) is 4.50. The van der Waals surface area contributed by atoms with Crippen molar-refractivity contribution in [3.63, 3.8) is 0 Å². The molecular formula is C18H22N2O. The van der Waals surface area contributed by atoms with Crippen LogP contribution in [0, 0.1) is 0 Å². The first-order chi connectivity index (χ1) is 10.3. The topological polar surface area (TPSA) is 48.1 Å². The molecule has 2 aromatic rings. The Kier molecular flexibility index (Phi) is 4.32. The molecule has 2 heterocycles. The minimum absolute atomic E-state index is 0.0254. The standard InChI is InChI=1S/C18H22N2O/c1-2-13-7-8-15(20-12-13)11-17(19)18-16-6-4-3-5-14(16)9-10-21-18/h3-8,12,17-18H,2,9-11,19H2,1H3. The molecule has 1 aliphatic heterocycles. The van der Waals surface area contributed by atoms with Gasteiger partial charge in [0.25, 0.3) is 0 Å². The molecule has 0 spiro atoms. The summed E-state index contributed by atoms with van der Waals surface area (Å²) >= 11 is 0. The molecule has 0 saturated heterocycles. The highest BCUT2D eigenvalue weighted by Gasteiger charge is 2.26. The summed E-state index contributed by atoms with van der Waals surface area (Å²) in [5, 5.41) is 0. The predicted molar refractivity (Wildman–Crippen MR) is 84.1 cm³/mol. The van der Waals surface area contributed by atoms with Gasteiger partial charge < -0.3 is 10.5 Å². The van der Waals surface area contributed by atoms with Gasteiger partial charge in [-0.05, 0) is 35.6 Å². The van der Waals surface area contributed by atoms with E-state index in [-0.39, 0.29) is 12.1 Å². The van der Waals surface area contributed by atoms with Gasteiger partial charge in [0.2, 0.25) is 0 Å². The summed E-state index contributed by atoms with van der Waals surface area (Å²) in [5.41, 5.74) is 11.3. The fraction of sp³-hybridized carbons (Fsp3) is 0.389. The molecule has 0 radical (unpaired) electrons. The third-order valence-corrected chi connectivity index (χ3v) is 4.16. The number of ether oxygens (including phenoxy) is 1. The summed E-state index contributed by atoms with van der Waals surface area (Å²) < 4.78 is 5.93. The highest BCUT2D eigenvalue weighted by atomic mass is 16.5. The first-order valence-corrected chi connectivity index (χ1v) is 7.66. The molecule has 2 atom stereocenters. The third kappa shape index (κ3) is 3.14. The van der Waals surface area contributed by atoms with Crippen molar-refractivity contribution >= 4 is 0 Å². The van der Waals surface area contributed by atoms with Crippen LogP contribution in [-0.2, 0) is 24.0 Å². The number of aromatic nitrogens is 1. The van der Waals surface area contributed by atoms with E-state index in [4.69, 9.17) is 10.5 Å². The van der Waals surface area contributed by atoms with E-state index in [9.17, 15) is 0 Å². The number of pyridine rings is 1. The van der Waals surface area contributed by atoms with Crippen molar-refractivity contribution in [2.24, 2.45) is 5.73 Å². The van der Waals surface area contributed by atoms with Crippen LogP contribution in [0.2, 0.25) is 0 Å². The molecule has 2 unspecified atom stereocenters. The second-order valence-corrected chi connectivity index (χ2v) is 5.62. The van der Waals surface area contributed by atoms with Crippen LogP contribution < -0.4 is 5.73 Å². The van der Waals surface area contributed by atoms with Gasteiger partial charge in [0.1, 0.15) is 0 Å². The Hall–Kier alpha value is -1.71. The van der Waals surface area contributed by atoms with Crippen LogP contribution in [0.4, 0.5) is 0 Å². The Labute approximate surface area is 126 Å². The van der Waals surface area contributed by atoms with Gasteiger partial charge >= 0.3 is 0 Å². The molecule has 3 heteroatoms. The Morgan fingerprint density at radius 3 is 2.90 bits per heavy atom. The summed E-state index contributed by atoms with van der Waals surface area (Å²) in [5.74, 6) is 0. The van der Waals surface area contributed by atoms with E-state index in [0.29, 0.717) is 0 Å². The fourth-order valence-electron chi connectivity index (χ4n) is 2.91. The first kappa shape index (κ1) is 14.2. The molecular weight excluding hydrogens is 260 g/mol. The summed E-state index contributed by atoms with van der Waals surface area (Å²) in [6.07, 6.45) is 4.64. The van der Waals surface area contributed by atoms with E-state index in [1.165, 1.54) is 16.7 Å². The van der Waals surface area contributed by atoms with Gasteiger partial charge in [-0.3, -0.25) is 4.98 Å². The number of fused-ring (bicyclic) bond motifs is 1. The molecule has 1 aliphatic rings. The van der Waals surface area contributed by atoms with E-state index in [0.717, 1.165) is 31.6 Å². The SMILES string of the molecule is CCc1ccc(CC(N)C2OCCc3ccccc32)nc1. The predicted octanol–water partition coefficient (Wildman–Crippen LogP) is 2.83. The maximum atomic E-state index is 6.40. The van der Waals surface area contributed by atoms with E-state index in [2.05, 4.69) is 48.3 Å². The number of hydrogen-bond donors (Lipinski definition) is 1. The van der Waals surface area contributed by atoms with E-state index < -0.39 is 0 Å². The van der Waals surface area contributed by atoms with Gasteiger partial charge in [0.05, 0.1) is 12.7 Å². The van der Waals surface area contributed by atoms with Gasteiger partial charge in [-0.25, -0.2) is 0 Å². The molecule has 0 amide bonds. The normalized spacial score (nSPS) is 19.0. The van der Waals surface area contributed by atoms with Crippen LogP contribution >= 0.6 is 0 Å². The number of hydrogen-bond acceptors (Lipinski definition) is 3. The van der Waals surface area contributed by atoms with Crippen molar-refractivity contribution in [3.05, 3.63) is 65.0 Å². The fourth-order valence-corrected chi connectivity index (χ4v) is 2.91. The number of benzene rings is 1. The van der Waals surface area contributed by atoms with Crippen LogP contribution in [0.5, 0.6) is 0 Å². The lowest BCUT2D eigenvalue weighted by Gasteiger charge is -2.30. The van der Waals surface area contributed by atoms with Gasteiger partial charge in [-0.1, -0.05) is 37.3 Å². The van der Waals surface area contributed by atoms with Crippen LogP contribution in [-0.4, -0.2) is 17.6 Å². The van der Waals surface area contributed by atoms with E-state index in [1.54, 1.807) is 0 Å². The van der Waals surface area contributed by atoms with Crippen LogP contribution in [0.15, 0.2) is 42.6 Å². The highest BCUT2D eigenvalue weighted by Crippen LogP contribution is 2.29. The van der Waals surface area contributed by atoms with Gasteiger partial charge in [-0.15, -0.1) is 0 Å². The third-order valence-electron chi connectivity index (χ3n) is 4.16. The van der Waals surface area contributed by atoms with Gasteiger partial charge in [0.15, 0.2) is 0 Å². The summed E-state index contributed by atoms with van der Waals surface area (Å²) in [6.45, 7) is 2.88. The molecule has 3 rings (SSSR count). The van der Waals surface area contributed by atoms with Crippen LogP contribution in [0.3, 0.4) is 0 Å². The minimum atomic E-state index is -0.0635. The molecule has 1 aromatic heterocycles. The maximum absolute atomic E-state index is 6.40. The monoisotopic (exact) mass is 282 g/mol. The second kappa shape index (κ2) is 6.37. The Bertz CT molecular complexity index is 594. The van der Waals surface area contributed by atoms with E-state index >= 15 is 0 Å². The lowest BCUT2D eigenvalue weighted by molar-refractivity contribution is 0.0244.